The zero-order chi connectivity index (χ0) is 14.3. The van der Waals surface area contributed by atoms with E-state index in [-0.39, 0.29) is 11.9 Å². The smallest absolute Gasteiger partial charge is 0.244 e. The Kier molecular flexibility index (Phi) is 4.07. The molecule has 2 aliphatic rings. The van der Waals surface area contributed by atoms with Gasteiger partial charge in [0.05, 0.1) is 11.7 Å². The van der Waals surface area contributed by atoms with Crippen molar-refractivity contribution in [2.45, 2.75) is 44.7 Å². The van der Waals surface area contributed by atoms with E-state index in [9.17, 15) is 4.79 Å². The highest BCUT2D eigenvalue weighted by molar-refractivity contribution is 9.10. The number of halogens is 2. The first-order valence-electron chi connectivity index (χ1n) is 7.09. The second-order valence-corrected chi connectivity index (χ2v) is 6.94. The number of aryl methyl sites for hydroxylation is 1. The largest absolute Gasteiger partial charge is 0.310 e. The van der Waals surface area contributed by atoms with Gasteiger partial charge in [0, 0.05) is 22.1 Å². The molecule has 20 heavy (non-hydrogen) atoms. The first kappa shape index (κ1) is 14.4. The van der Waals surface area contributed by atoms with Gasteiger partial charge in [0.1, 0.15) is 0 Å². The molecular weight excluding hydrogens is 340 g/mol. The summed E-state index contributed by atoms with van der Waals surface area (Å²) in [6.07, 6.45) is 4.35. The highest BCUT2D eigenvalue weighted by Gasteiger charge is 2.34. The van der Waals surface area contributed by atoms with Crippen molar-refractivity contribution >= 4 is 39.1 Å². The molecule has 1 aromatic carbocycles. The van der Waals surface area contributed by atoms with Gasteiger partial charge in [-0.25, -0.2) is 0 Å². The Morgan fingerprint density at radius 2 is 2.10 bits per heavy atom. The van der Waals surface area contributed by atoms with E-state index in [0.29, 0.717) is 11.1 Å². The lowest BCUT2D eigenvalue weighted by Crippen LogP contribution is -2.51. The van der Waals surface area contributed by atoms with Gasteiger partial charge < -0.3 is 10.2 Å². The van der Waals surface area contributed by atoms with Crippen molar-refractivity contribution in [1.29, 1.82) is 0 Å². The molecule has 1 amide bonds. The minimum atomic E-state index is -0.0387. The molecule has 3 nitrogen and oxygen atoms in total. The average Bonchev–Trinajstić information content (AvgIpc) is 3.21. The highest BCUT2D eigenvalue weighted by Crippen LogP contribution is 2.34. The second-order valence-electron chi connectivity index (χ2n) is 5.68. The third kappa shape index (κ3) is 2.87. The normalized spacial score (nSPS) is 23.2. The van der Waals surface area contributed by atoms with Gasteiger partial charge in [0.2, 0.25) is 5.91 Å². The number of carbonyl (C=O) groups is 1. The van der Waals surface area contributed by atoms with E-state index in [4.69, 9.17) is 11.6 Å². The van der Waals surface area contributed by atoms with Gasteiger partial charge in [-0.3, -0.25) is 4.79 Å². The molecule has 1 aliphatic carbocycles. The zero-order valence-corrected chi connectivity index (χ0v) is 13.8. The van der Waals surface area contributed by atoms with Crippen molar-refractivity contribution in [1.82, 2.24) is 5.32 Å². The van der Waals surface area contributed by atoms with Crippen LogP contribution in [-0.2, 0) is 4.79 Å². The second kappa shape index (κ2) is 5.66. The lowest BCUT2D eigenvalue weighted by Gasteiger charge is -2.33. The third-order valence-corrected chi connectivity index (χ3v) is 5.01. The summed E-state index contributed by atoms with van der Waals surface area (Å²) in [6, 6.07) is 4.37. The fourth-order valence-corrected chi connectivity index (χ4v) is 3.48. The number of benzene rings is 1. The van der Waals surface area contributed by atoms with Gasteiger partial charge in [0.25, 0.3) is 0 Å². The Morgan fingerprint density at radius 3 is 2.80 bits per heavy atom. The molecule has 2 fully saturated rings. The molecule has 1 aromatic rings. The summed E-state index contributed by atoms with van der Waals surface area (Å²) in [5.41, 5.74) is 1.90. The van der Waals surface area contributed by atoms with Gasteiger partial charge in [-0.15, -0.1) is 0 Å². The van der Waals surface area contributed by atoms with Crippen LogP contribution in [0.25, 0.3) is 0 Å². The van der Waals surface area contributed by atoms with Gasteiger partial charge in [0.15, 0.2) is 0 Å². The summed E-state index contributed by atoms with van der Waals surface area (Å²) in [4.78, 5) is 14.5. The molecule has 108 valence electrons. The van der Waals surface area contributed by atoms with E-state index in [1.165, 1.54) is 12.8 Å². The average molecular weight is 358 g/mol. The molecule has 5 heteroatoms. The molecule has 1 atom stereocenters. The zero-order valence-electron chi connectivity index (χ0n) is 11.5. The van der Waals surface area contributed by atoms with Crippen molar-refractivity contribution in [3.05, 3.63) is 27.2 Å². The fourth-order valence-electron chi connectivity index (χ4n) is 2.65. The van der Waals surface area contributed by atoms with Gasteiger partial charge >= 0.3 is 0 Å². The molecule has 3 rings (SSSR count). The van der Waals surface area contributed by atoms with Crippen molar-refractivity contribution in [3.63, 3.8) is 0 Å². The van der Waals surface area contributed by atoms with E-state index in [2.05, 4.69) is 21.2 Å². The minimum absolute atomic E-state index is 0.0387. The minimum Gasteiger partial charge on any atom is -0.310 e. The van der Waals surface area contributed by atoms with Crippen LogP contribution in [0, 0.1) is 6.92 Å². The number of amides is 1. The summed E-state index contributed by atoms with van der Waals surface area (Å²) in [5, 5.41) is 4.15. The van der Waals surface area contributed by atoms with E-state index >= 15 is 0 Å². The Morgan fingerprint density at radius 1 is 1.35 bits per heavy atom. The number of piperidine rings is 1. The molecule has 1 saturated heterocycles. The van der Waals surface area contributed by atoms with E-state index in [1.807, 2.05) is 24.0 Å². The standard InChI is InChI=1S/C15H18BrClN2O/c1-9-7-11(16)14(8-12(9)17)19-6-2-3-13(15(19)20)18-10-4-5-10/h7-8,10,13,18H,2-6H2,1H3. The molecule has 1 saturated carbocycles. The van der Waals surface area contributed by atoms with Crippen LogP contribution >= 0.6 is 27.5 Å². The Labute approximate surface area is 132 Å². The number of hydrogen-bond acceptors (Lipinski definition) is 2. The molecule has 0 spiro atoms. The van der Waals surface area contributed by atoms with Crippen LogP contribution in [-0.4, -0.2) is 24.5 Å². The van der Waals surface area contributed by atoms with Crippen LogP contribution < -0.4 is 10.2 Å². The quantitative estimate of drug-likeness (QED) is 0.895. The number of nitrogens with zero attached hydrogens (tertiary/aromatic N) is 1. The van der Waals surface area contributed by atoms with Gasteiger partial charge in [-0.2, -0.15) is 0 Å². The maximum absolute atomic E-state index is 12.6. The predicted octanol–water partition coefficient (Wildman–Crippen LogP) is 3.66. The Balaban J connectivity index is 1.84. The molecule has 1 N–H and O–H groups in total. The molecular formula is C15H18BrClN2O. The van der Waals surface area contributed by atoms with Crippen LogP contribution in [0.1, 0.15) is 31.2 Å². The summed E-state index contributed by atoms with van der Waals surface area (Å²) in [6.45, 7) is 2.73. The van der Waals surface area contributed by atoms with Crippen LogP contribution in [0.3, 0.4) is 0 Å². The first-order valence-corrected chi connectivity index (χ1v) is 8.26. The van der Waals surface area contributed by atoms with Crippen LogP contribution in [0.15, 0.2) is 16.6 Å². The number of hydrogen-bond donors (Lipinski definition) is 1. The number of carbonyl (C=O) groups excluding carboxylic acids is 1. The molecule has 1 unspecified atom stereocenters. The van der Waals surface area contributed by atoms with Crippen LogP contribution in [0.5, 0.6) is 0 Å². The van der Waals surface area contributed by atoms with Crippen molar-refractivity contribution in [3.8, 4) is 0 Å². The lowest BCUT2D eigenvalue weighted by molar-refractivity contribution is -0.121. The predicted molar refractivity (Wildman–Crippen MR) is 85.4 cm³/mol. The topological polar surface area (TPSA) is 32.3 Å². The van der Waals surface area contributed by atoms with E-state index in [0.717, 1.165) is 35.1 Å². The molecule has 0 bridgehead atoms. The third-order valence-electron chi connectivity index (χ3n) is 3.97. The number of anilines is 1. The summed E-state index contributed by atoms with van der Waals surface area (Å²) in [5.74, 6) is 0.170. The SMILES string of the molecule is Cc1cc(Br)c(N2CCCC(NC3CC3)C2=O)cc1Cl. The Bertz CT molecular complexity index is 545. The van der Waals surface area contributed by atoms with Gasteiger partial charge in [-0.1, -0.05) is 11.6 Å². The van der Waals surface area contributed by atoms with Crippen molar-refractivity contribution in [2.24, 2.45) is 0 Å². The van der Waals surface area contributed by atoms with E-state index < -0.39 is 0 Å². The first-order chi connectivity index (χ1) is 9.56. The lowest BCUT2D eigenvalue weighted by atomic mass is 10.0. The summed E-state index contributed by atoms with van der Waals surface area (Å²) >= 11 is 9.76. The summed E-state index contributed by atoms with van der Waals surface area (Å²) in [7, 11) is 0. The van der Waals surface area contributed by atoms with E-state index in [1.54, 1.807) is 0 Å². The number of nitrogens with one attached hydrogen (secondary N) is 1. The summed E-state index contributed by atoms with van der Waals surface area (Å²) < 4.78 is 0.930. The fraction of sp³-hybridized carbons (Fsp3) is 0.533. The molecule has 0 aromatic heterocycles. The molecule has 0 radical (unpaired) electrons. The van der Waals surface area contributed by atoms with Crippen molar-refractivity contribution < 1.29 is 4.79 Å². The number of rotatable bonds is 3. The molecule has 1 aliphatic heterocycles. The maximum Gasteiger partial charge on any atom is 0.244 e. The van der Waals surface area contributed by atoms with Crippen LogP contribution in [0.2, 0.25) is 5.02 Å². The molecule has 1 heterocycles. The monoisotopic (exact) mass is 356 g/mol. The highest BCUT2D eigenvalue weighted by atomic mass is 79.9. The maximum atomic E-state index is 12.6. The van der Waals surface area contributed by atoms with Gasteiger partial charge in [-0.05, 0) is 66.2 Å². The Hall–Kier alpha value is -0.580. The van der Waals surface area contributed by atoms with Crippen LogP contribution in [0.4, 0.5) is 5.69 Å². The van der Waals surface area contributed by atoms with Crippen molar-refractivity contribution in [2.75, 3.05) is 11.4 Å².